The molecule has 0 unspecified atom stereocenters. The van der Waals surface area contributed by atoms with E-state index in [0.29, 0.717) is 21.7 Å². The van der Waals surface area contributed by atoms with E-state index in [1.165, 1.54) is 0 Å². The minimum atomic E-state index is -0.488. The van der Waals surface area contributed by atoms with Gasteiger partial charge in [0, 0.05) is 51.9 Å². The summed E-state index contributed by atoms with van der Waals surface area (Å²) in [5.74, 6) is 4.88. The lowest BCUT2D eigenvalue weighted by Crippen LogP contribution is -2.37. The number of aromatic amines is 1. The Morgan fingerprint density at radius 2 is 1.54 bits per heavy atom. The number of carbonyl (C=O) groups excluding carboxylic acids is 2. The maximum Gasteiger partial charge on any atom is 0.276 e. The minimum Gasteiger partial charge on any atom is -0.361 e. The fourth-order valence-electron chi connectivity index (χ4n) is 4.03. The summed E-state index contributed by atoms with van der Waals surface area (Å²) >= 11 is 0. The molecule has 5 rings (SSSR count). The number of hydrogen-bond donors (Lipinski definition) is 2. The van der Waals surface area contributed by atoms with E-state index in [1.54, 1.807) is 6.20 Å². The van der Waals surface area contributed by atoms with Crippen molar-refractivity contribution in [2.24, 2.45) is 5.84 Å². The molecule has 2 amide bonds. The molecule has 0 radical (unpaired) electrons. The van der Waals surface area contributed by atoms with Crippen molar-refractivity contribution < 1.29 is 9.59 Å². The van der Waals surface area contributed by atoms with E-state index in [2.05, 4.69) is 9.55 Å². The van der Waals surface area contributed by atoms with Crippen molar-refractivity contribution in [1.29, 1.82) is 0 Å². The van der Waals surface area contributed by atoms with E-state index in [1.807, 2.05) is 61.7 Å². The van der Waals surface area contributed by atoms with Gasteiger partial charge in [-0.3, -0.25) is 9.59 Å². The molecule has 6 heteroatoms. The van der Waals surface area contributed by atoms with Gasteiger partial charge < -0.3 is 9.55 Å². The minimum absolute atomic E-state index is 0.337. The molecular formula is C22H18N4O2. The largest absolute Gasteiger partial charge is 0.361 e. The standard InChI is InChI=1S/C22H18N4O2/c1-2-25-12-16(14-8-4-6-10-18(14)25)20-19(21(27)26(23)22(20)28)15-11-24-17-9-5-3-7-13(15)17/h3-12,24H,2,23H2,1H3. The molecular weight excluding hydrogens is 352 g/mol. The lowest BCUT2D eigenvalue weighted by molar-refractivity contribution is -0.136. The predicted octanol–water partition coefficient (Wildman–Crippen LogP) is 3.30. The van der Waals surface area contributed by atoms with Crippen LogP contribution in [0.3, 0.4) is 0 Å². The number of imide groups is 1. The number of hydrazine groups is 1. The van der Waals surface area contributed by atoms with Gasteiger partial charge in [0.15, 0.2) is 0 Å². The van der Waals surface area contributed by atoms with Crippen molar-refractivity contribution in [1.82, 2.24) is 14.6 Å². The Bertz CT molecular complexity index is 1310. The second-order valence-electron chi connectivity index (χ2n) is 6.82. The van der Waals surface area contributed by atoms with Crippen LogP contribution in [-0.4, -0.2) is 26.4 Å². The molecule has 0 bridgehead atoms. The summed E-state index contributed by atoms with van der Waals surface area (Å²) in [6, 6.07) is 15.6. The number of aromatic nitrogens is 2. The fourth-order valence-corrected chi connectivity index (χ4v) is 4.03. The smallest absolute Gasteiger partial charge is 0.276 e. The van der Waals surface area contributed by atoms with Gasteiger partial charge in [0.25, 0.3) is 11.8 Å². The summed E-state index contributed by atoms with van der Waals surface area (Å²) in [7, 11) is 0. The van der Waals surface area contributed by atoms with Crippen LogP contribution in [0.5, 0.6) is 0 Å². The maximum absolute atomic E-state index is 13.0. The van der Waals surface area contributed by atoms with Crippen LogP contribution in [0.4, 0.5) is 0 Å². The van der Waals surface area contributed by atoms with E-state index in [-0.39, 0.29) is 0 Å². The van der Waals surface area contributed by atoms with Crippen LogP contribution in [0.15, 0.2) is 60.9 Å². The highest BCUT2D eigenvalue weighted by Gasteiger charge is 2.40. The molecule has 4 aromatic rings. The molecule has 6 nitrogen and oxygen atoms in total. The van der Waals surface area contributed by atoms with Gasteiger partial charge in [-0.15, -0.1) is 0 Å². The summed E-state index contributed by atoms with van der Waals surface area (Å²) in [4.78, 5) is 29.1. The fraction of sp³-hybridized carbons (Fsp3) is 0.0909. The van der Waals surface area contributed by atoms with Gasteiger partial charge in [0.2, 0.25) is 0 Å². The maximum atomic E-state index is 13.0. The Morgan fingerprint density at radius 3 is 2.29 bits per heavy atom. The Kier molecular flexibility index (Phi) is 3.50. The van der Waals surface area contributed by atoms with Gasteiger partial charge in [0.1, 0.15) is 0 Å². The molecule has 2 aromatic heterocycles. The van der Waals surface area contributed by atoms with Crippen LogP contribution < -0.4 is 5.84 Å². The second-order valence-corrected chi connectivity index (χ2v) is 6.82. The number of amides is 2. The van der Waals surface area contributed by atoms with E-state index in [0.717, 1.165) is 33.9 Å². The lowest BCUT2D eigenvalue weighted by Gasteiger charge is -2.05. The lowest BCUT2D eigenvalue weighted by atomic mass is 9.95. The molecule has 1 aliphatic rings. The Hall–Kier alpha value is -3.64. The van der Waals surface area contributed by atoms with Crippen molar-refractivity contribution in [3.63, 3.8) is 0 Å². The van der Waals surface area contributed by atoms with Crippen LogP contribution in [0.25, 0.3) is 33.0 Å². The molecule has 1 aliphatic heterocycles. The number of fused-ring (bicyclic) bond motifs is 2. The van der Waals surface area contributed by atoms with Crippen molar-refractivity contribution >= 4 is 44.8 Å². The van der Waals surface area contributed by atoms with Crippen molar-refractivity contribution in [2.75, 3.05) is 0 Å². The third-order valence-corrected chi connectivity index (χ3v) is 5.37. The molecule has 0 spiro atoms. The Morgan fingerprint density at radius 1 is 0.893 bits per heavy atom. The highest BCUT2D eigenvalue weighted by molar-refractivity contribution is 6.50. The number of hydrogen-bond acceptors (Lipinski definition) is 3. The highest BCUT2D eigenvalue weighted by Crippen LogP contribution is 2.40. The number of aryl methyl sites for hydroxylation is 1. The summed E-state index contributed by atoms with van der Waals surface area (Å²) in [6.45, 7) is 2.80. The molecule has 3 heterocycles. The molecule has 28 heavy (non-hydrogen) atoms. The van der Waals surface area contributed by atoms with Crippen molar-refractivity contribution in [3.05, 3.63) is 72.1 Å². The number of benzene rings is 2. The van der Waals surface area contributed by atoms with Gasteiger partial charge >= 0.3 is 0 Å². The molecule has 3 N–H and O–H groups in total. The van der Waals surface area contributed by atoms with E-state index >= 15 is 0 Å². The van der Waals surface area contributed by atoms with Crippen LogP contribution >= 0.6 is 0 Å². The number of nitrogens with zero attached hydrogens (tertiary/aromatic N) is 2. The van der Waals surface area contributed by atoms with E-state index < -0.39 is 11.8 Å². The van der Waals surface area contributed by atoms with Crippen molar-refractivity contribution in [3.8, 4) is 0 Å². The van der Waals surface area contributed by atoms with Crippen LogP contribution in [0, 0.1) is 0 Å². The summed E-state index contributed by atoms with van der Waals surface area (Å²) in [5, 5.41) is 2.52. The molecule has 0 fully saturated rings. The normalized spacial score (nSPS) is 14.9. The number of rotatable bonds is 3. The quantitative estimate of drug-likeness (QED) is 0.330. The molecule has 138 valence electrons. The molecule has 0 aliphatic carbocycles. The number of H-pyrrole nitrogens is 1. The van der Waals surface area contributed by atoms with Crippen LogP contribution in [0.1, 0.15) is 18.1 Å². The zero-order chi connectivity index (χ0) is 19.4. The SMILES string of the molecule is CCn1cc(C2=C(c3c[nH]c4ccccc34)C(=O)N(N)C2=O)c2ccccc21. The highest BCUT2D eigenvalue weighted by atomic mass is 16.2. The van der Waals surface area contributed by atoms with E-state index in [4.69, 9.17) is 5.84 Å². The third kappa shape index (κ3) is 2.12. The van der Waals surface area contributed by atoms with Crippen LogP contribution in [-0.2, 0) is 16.1 Å². The topological polar surface area (TPSA) is 84.1 Å². The molecule has 0 saturated carbocycles. The monoisotopic (exact) mass is 370 g/mol. The number of para-hydroxylation sites is 2. The first-order valence-electron chi connectivity index (χ1n) is 9.14. The van der Waals surface area contributed by atoms with E-state index in [9.17, 15) is 9.59 Å². The van der Waals surface area contributed by atoms with Gasteiger partial charge in [-0.05, 0) is 19.1 Å². The van der Waals surface area contributed by atoms with Gasteiger partial charge in [-0.25, -0.2) is 10.9 Å². The van der Waals surface area contributed by atoms with Gasteiger partial charge in [0.05, 0.1) is 11.1 Å². The van der Waals surface area contributed by atoms with Gasteiger partial charge in [-0.2, -0.15) is 0 Å². The average molecular weight is 370 g/mol. The first-order chi connectivity index (χ1) is 13.6. The molecule has 0 atom stereocenters. The zero-order valence-corrected chi connectivity index (χ0v) is 15.3. The first kappa shape index (κ1) is 16.5. The zero-order valence-electron chi connectivity index (χ0n) is 15.3. The molecule has 2 aromatic carbocycles. The number of nitrogens with two attached hydrogens (primary N) is 1. The molecule has 0 saturated heterocycles. The predicted molar refractivity (Wildman–Crippen MR) is 109 cm³/mol. The summed E-state index contributed by atoms with van der Waals surface area (Å²) < 4.78 is 2.07. The summed E-state index contributed by atoms with van der Waals surface area (Å²) in [6.07, 6.45) is 3.70. The van der Waals surface area contributed by atoms with Crippen molar-refractivity contribution in [2.45, 2.75) is 13.5 Å². The van der Waals surface area contributed by atoms with Gasteiger partial charge in [-0.1, -0.05) is 36.4 Å². The average Bonchev–Trinajstić information content (AvgIpc) is 3.37. The summed E-state index contributed by atoms with van der Waals surface area (Å²) in [5.41, 5.74) is 4.01. The second kappa shape index (κ2) is 5.94. The Balaban J connectivity index is 1.87. The third-order valence-electron chi connectivity index (χ3n) is 5.37. The number of nitrogens with one attached hydrogen (secondary N) is 1. The van der Waals surface area contributed by atoms with Crippen LogP contribution in [0.2, 0.25) is 0 Å². The first-order valence-corrected chi connectivity index (χ1v) is 9.14. The number of carbonyl (C=O) groups is 2. The Labute approximate surface area is 160 Å².